The van der Waals surface area contributed by atoms with Gasteiger partial charge in [0.1, 0.15) is 0 Å². The Labute approximate surface area is 159 Å². The molecule has 0 aliphatic rings. The summed E-state index contributed by atoms with van der Waals surface area (Å²) in [5, 5.41) is 11.9. The van der Waals surface area contributed by atoms with Crippen LogP contribution in [0.1, 0.15) is 46.4 Å². The smallest absolute Gasteiger partial charge is 0.335 e. The Kier molecular flexibility index (Phi) is 6.82. The molecule has 0 bridgehead atoms. The van der Waals surface area contributed by atoms with Crippen LogP contribution < -0.4 is 14.8 Å². The molecule has 0 saturated heterocycles. The molecule has 0 radical (unpaired) electrons. The monoisotopic (exact) mass is 371 g/mol. The van der Waals surface area contributed by atoms with Gasteiger partial charge in [0, 0.05) is 6.42 Å². The summed E-state index contributed by atoms with van der Waals surface area (Å²) in [7, 11) is 3.17. The van der Waals surface area contributed by atoms with Crippen LogP contribution in [0.2, 0.25) is 0 Å². The second-order valence-corrected chi connectivity index (χ2v) is 6.36. The van der Waals surface area contributed by atoms with Crippen molar-refractivity contribution in [3.8, 4) is 11.5 Å². The van der Waals surface area contributed by atoms with Crippen molar-refractivity contribution in [1.29, 1.82) is 0 Å². The first kappa shape index (κ1) is 20.3. The van der Waals surface area contributed by atoms with E-state index in [1.54, 1.807) is 38.5 Å². The second-order valence-electron chi connectivity index (χ2n) is 6.36. The highest BCUT2D eigenvalue weighted by atomic mass is 16.5. The average molecular weight is 371 g/mol. The molecule has 0 aromatic heterocycles. The largest absolute Gasteiger partial charge is 0.493 e. The standard InChI is InChI=1S/C21H25NO5/c1-13-11-18(26-3)19(27-4)12-17(13)14(2)22-20(23)10-7-15-5-8-16(9-6-15)21(24)25/h5-6,8-9,11-12,14H,7,10H2,1-4H3,(H,22,23)(H,24,25). The summed E-state index contributed by atoms with van der Waals surface area (Å²) in [6.45, 7) is 3.89. The molecule has 6 heteroatoms. The summed E-state index contributed by atoms with van der Waals surface area (Å²) in [5.74, 6) is 0.247. The zero-order chi connectivity index (χ0) is 20.0. The summed E-state index contributed by atoms with van der Waals surface area (Å²) in [6, 6.07) is 10.2. The van der Waals surface area contributed by atoms with Gasteiger partial charge in [0.2, 0.25) is 5.91 Å². The van der Waals surface area contributed by atoms with E-state index in [0.717, 1.165) is 16.7 Å². The predicted molar refractivity (Wildman–Crippen MR) is 103 cm³/mol. The minimum Gasteiger partial charge on any atom is -0.493 e. The lowest BCUT2D eigenvalue weighted by atomic mass is 10.0. The lowest BCUT2D eigenvalue weighted by Crippen LogP contribution is -2.27. The number of amides is 1. The number of aromatic carboxylic acids is 1. The molecular weight excluding hydrogens is 346 g/mol. The zero-order valence-electron chi connectivity index (χ0n) is 16.0. The molecule has 1 amide bonds. The number of hydrogen-bond acceptors (Lipinski definition) is 4. The van der Waals surface area contributed by atoms with Gasteiger partial charge in [-0.3, -0.25) is 4.79 Å². The fourth-order valence-electron chi connectivity index (χ4n) is 2.93. The fraction of sp³-hybridized carbons (Fsp3) is 0.333. The van der Waals surface area contributed by atoms with Gasteiger partial charge in [-0.25, -0.2) is 4.79 Å². The fourth-order valence-corrected chi connectivity index (χ4v) is 2.93. The van der Waals surface area contributed by atoms with E-state index < -0.39 is 5.97 Å². The van der Waals surface area contributed by atoms with Crippen LogP contribution in [0.25, 0.3) is 0 Å². The molecule has 2 N–H and O–H groups in total. The molecule has 2 rings (SSSR count). The number of carbonyl (C=O) groups excluding carboxylic acids is 1. The number of carboxylic acids is 1. The first-order chi connectivity index (χ1) is 12.8. The van der Waals surface area contributed by atoms with E-state index in [2.05, 4.69) is 5.32 Å². The second kappa shape index (κ2) is 9.07. The van der Waals surface area contributed by atoms with Gasteiger partial charge in [0.05, 0.1) is 25.8 Å². The lowest BCUT2D eigenvalue weighted by molar-refractivity contribution is -0.121. The van der Waals surface area contributed by atoms with Gasteiger partial charge in [-0.1, -0.05) is 12.1 Å². The maximum Gasteiger partial charge on any atom is 0.335 e. The maximum atomic E-state index is 12.3. The number of hydrogen-bond donors (Lipinski definition) is 2. The molecule has 0 spiro atoms. The quantitative estimate of drug-likeness (QED) is 0.742. The number of carbonyl (C=O) groups is 2. The average Bonchev–Trinajstić information content (AvgIpc) is 2.66. The Hall–Kier alpha value is -3.02. The van der Waals surface area contributed by atoms with E-state index in [4.69, 9.17) is 14.6 Å². The summed E-state index contributed by atoms with van der Waals surface area (Å²) >= 11 is 0. The van der Waals surface area contributed by atoms with Crippen molar-refractivity contribution < 1.29 is 24.2 Å². The zero-order valence-corrected chi connectivity index (χ0v) is 16.0. The third kappa shape index (κ3) is 5.23. The first-order valence-electron chi connectivity index (χ1n) is 8.69. The van der Waals surface area contributed by atoms with E-state index in [9.17, 15) is 9.59 Å². The normalized spacial score (nSPS) is 11.6. The van der Waals surface area contributed by atoms with E-state index in [-0.39, 0.29) is 17.5 Å². The van der Waals surface area contributed by atoms with E-state index in [0.29, 0.717) is 24.3 Å². The van der Waals surface area contributed by atoms with Crippen molar-refractivity contribution in [3.05, 3.63) is 58.7 Å². The maximum absolute atomic E-state index is 12.3. The Morgan fingerprint density at radius 3 is 2.22 bits per heavy atom. The molecule has 1 unspecified atom stereocenters. The van der Waals surface area contributed by atoms with Crippen LogP contribution >= 0.6 is 0 Å². The number of rotatable bonds is 8. The highest BCUT2D eigenvalue weighted by Crippen LogP contribution is 2.32. The Balaban J connectivity index is 1.98. The molecule has 27 heavy (non-hydrogen) atoms. The lowest BCUT2D eigenvalue weighted by Gasteiger charge is -2.19. The minimum absolute atomic E-state index is 0.0704. The van der Waals surface area contributed by atoms with Crippen molar-refractivity contribution in [2.75, 3.05) is 14.2 Å². The molecule has 6 nitrogen and oxygen atoms in total. The highest BCUT2D eigenvalue weighted by molar-refractivity contribution is 5.87. The van der Waals surface area contributed by atoms with Crippen molar-refractivity contribution in [2.24, 2.45) is 0 Å². The molecule has 0 heterocycles. The van der Waals surface area contributed by atoms with Crippen LogP contribution in [0.15, 0.2) is 36.4 Å². The summed E-state index contributed by atoms with van der Waals surface area (Å²) < 4.78 is 10.6. The highest BCUT2D eigenvalue weighted by Gasteiger charge is 2.16. The van der Waals surface area contributed by atoms with E-state index in [1.165, 1.54) is 0 Å². The van der Waals surface area contributed by atoms with Crippen LogP contribution in [0.5, 0.6) is 11.5 Å². The molecule has 2 aromatic rings. The predicted octanol–water partition coefficient (Wildman–Crippen LogP) is 3.52. The number of carboxylic acid groups (broad SMARTS) is 1. The van der Waals surface area contributed by atoms with Gasteiger partial charge in [-0.2, -0.15) is 0 Å². The SMILES string of the molecule is COc1cc(C)c(C(C)NC(=O)CCc2ccc(C(=O)O)cc2)cc1OC. The van der Waals surface area contributed by atoms with Crippen LogP contribution in [0.4, 0.5) is 0 Å². The van der Waals surface area contributed by atoms with Crippen molar-refractivity contribution in [1.82, 2.24) is 5.32 Å². The third-order valence-electron chi connectivity index (χ3n) is 4.46. The Bertz CT molecular complexity index is 814. The van der Waals surface area contributed by atoms with Gasteiger partial charge in [-0.05, 0) is 61.2 Å². The van der Waals surface area contributed by atoms with E-state index in [1.807, 2.05) is 26.0 Å². The molecule has 2 aromatic carbocycles. The first-order valence-corrected chi connectivity index (χ1v) is 8.69. The number of benzene rings is 2. The molecule has 0 aliphatic carbocycles. The summed E-state index contributed by atoms with van der Waals surface area (Å²) in [5.41, 5.74) is 3.13. The van der Waals surface area contributed by atoms with Gasteiger partial charge in [0.15, 0.2) is 11.5 Å². The van der Waals surface area contributed by atoms with Crippen molar-refractivity contribution >= 4 is 11.9 Å². The number of methoxy groups -OCH3 is 2. The molecule has 144 valence electrons. The van der Waals surface area contributed by atoms with Crippen molar-refractivity contribution in [3.63, 3.8) is 0 Å². The van der Waals surface area contributed by atoms with Crippen LogP contribution in [-0.4, -0.2) is 31.2 Å². The number of ether oxygens (including phenoxy) is 2. The van der Waals surface area contributed by atoms with Gasteiger partial charge in [0.25, 0.3) is 0 Å². The Morgan fingerprint density at radius 1 is 1.07 bits per heavy atom. The Morgan fingerprint density at radius 2 is 1.67 bits per heavy atom. The summed E-state index contributed by atoms with van der Waals surface area (Å²) in [4.78, 5) is 23.2. The molecule has 0 fully saturated rings. The topological polar surface area (TPSA) is 84.9 Å². The van der Waals surface area contributed by atoms with Crippen molar-refractivity contribution in [2.45, 2.75) is 32.7 Å². The molecule has 0 saturated carbocycles. The van der Waals surface area contributed by atoms with Crippen LogP contribution in [0, 0.1) is 6.92 Å². The number of nitrogens with one attached hydrogen (secondary N) is 1. The van der Waals surface area contributed by atoms with Gasteiger partial charge < -0.3 is 19.9 Å². The number of aryl methyl sites for hydroxylation is 2. The van der Waals surface area contributed by atoms with Crippen LogP contribution in [-0.2, 0) is 11.2 Å². The van der Waals surface area contributed by atoms with Gasteiger partial charge >= 0.3 is 5.97 Å². The van der Waals surface area contributed by atoms with Gasteiger partial charge in [-0.15, -0.1) is 0 Å². The molecule has 0 aliphatic heterocycles. The summed E-state index contributed by atoms with van der Waals surface area (Å²) in [6.07, 6.45) is 0.868. The van der Waals surface area contributed by atoms with Crippen LogP contribution in [0.3, 0.4) is 0 Å². The van der Waals surface area contributed by atoms with E-state index >= 15 is 0 Å². The minimum atomic E-state index is -0.960. The molecule has 1 atom stereocenters. The molecular formula is C21H25NO5. The third-order valence-corrected chi connectivity index (χ3v) is 4.46.